The Balaban J connectivity index is 2.53. The lowest BCUT2D eigenvalue weighted by Gasteiger charge is -2.19. The molecule has 0 spiro atoms. The topological polar surface area (TPSA) is 75.7 Å². The number of anilines is 1. The summed E-state index contributed by atoms with van der Waals surface area (Å²) in [7, 11) is -1.75. The van der Waals surface area contributed by atoms with Crippen molar-refractivity contribution in [1.29, 1.82) is 0 Å². The maximum Gasteiger partial charge on any atom is 0.225 e. The Labute approximate surface area is 132 Å². The van der Waals surface area contributed by atoms with E-state index < -0.39 is 10.0 Å². The highest BCUT2D eigenvalue weighted by atomic mass is 32.2. The van der Waals surface area contributed by atoms with Crippen LogP contribution in [0.1, 0.15) is 18.4 Å². The normalized spacial score (nSPS) is 11.6. The van der Waals surface area contributed by atoms with Gasteiger partial charge in [0.1, 0.15) is 0 Å². The summed E-state index contributed by atoms with van der Waals surface area (Å²) in [6, 6.07) is 7.46. The van der Waals surface area contributed by atoms with Gasteiger partial charge in [0.15, 0.2) is 0 Å². The molecule has 0 saturated heterocycles. The van der Waals surface area contributed by atoms with Crippen molar-refractivity contribution in [2.75, 3.05) is 38.4 Å². The average Bonchev–Trinajstić information content (AvgIpc) is 2.44. The Bertz CT molecular complexity index is 587. The van der Waals surface area contributed by atoms with Crippen molar-refractivity contribution in [2.24, 2.45) is 0 Å². The number of ether oxygens (including phenoxy) is 1. The van der Waals surface area contributed by atoms with Crippen LogP contribution in [0.5, 0.6) is 0 Å². The zero-order valence-corrected chi connectivity index (χ0v) is 14.1. The quantitative estimate of drug-likeness (QED) is 0.699. The molecular weight excluding hydrogens is 304 g/mol. The highest BCUT2D eigenvalue weighted by Gasteiger charge is 2.17. The molecule has 0 aliphatic carbocycles. The second kappa shape index (κ2) is 8.87. The molecule has 0 heterocycles. The SMILES string of the molecule is COCCCN(CCC(=O)Nc1ccccc1C)S(C)(=O)=O. The van der Waals surface area contributed by atoms with E-state index in [1.807, 2.05) is 31.2 Å². The number of hydrogen-bond donors (Lipinski definition) is 1. The van der Waals surface area contributed by atoms with Gasteiger partial charge in [0.05, 0.1) is 6.26 Å². The zero-order valence-electron chi connectivity index (χ0n) is 13.3. The molecule has 22 heavy (non-hydrogen) atoms. The van der Waals surface area contributed by atoms with Crippen molar-refractivity contribution in [3.63, 3.8) is 0 Å². The van der Waals surface area contributed by atoms with Gasteiger partial charge in [0.2, 0.25) is 15.9 Å². The lowest BCUT2D eigenvalue weighted by Crippen LogP contribution is -2.34. The first kappa shape index (κ1) is 18.6. The number of aryl methyl sites for hydroxylation is 1. The van der Waals surface area contributed by atoms with Crippen LogP contribution in [-0.2, 0) is 19.6 Å². The minimum Gasteiger partial charge on any atom is -0.385 e. The molecule has 0 atom stereocenters. The van der Waals surface area contributed by atoms with E-state index in [1.165, 1.54) is 4.31 Å². The van der Waals surface area contributed by atoms with E-state index in [9.17, 15) is 13.2 Å². The Morgan fingerprint density at radius 3 is 2.55 bits per heavy atom. The molecule has 0 fully saturated rings. The zero-order chi connectivity index (χ0) is 16.6. The number of rotatable bonds is 9. The summed E-state index contributed by atoms with van der Waals surface area (Å²) < 4.78 is 29.6. The molecule has 1 rings (SSSR count). The number of nitrogens with zero attached hydrogens (tertiary/aromatic N) is 1. The summed E-state index contributed by atoms with van der Waals surface area (Å²) >= 11 is 0. The van der Waals surface area contributed by atoms with Gasteiger partial charge in [-0.1, -0.05) is 18.2 Å². The van der Waals surface area contributed by atoms with Crippen molar-refractivity contribution in [2.45, 2.75) is 19.8 Å². The second-order valence-corrected chi connectivity index (χ2v) is 7.10. The number of carbonyl (C=O) groups excluding carboxylic acids is 1. The molecule has 0 aliphatic heterocycles. The molecule has 0 unspecified atom stereocenters. The third-order valence-corrected chi connectivity index (χ3v) is 4.54. The monoisotopic (exact) mass is 328 g/mol. The molecule has 0 aliphatic rings. The van der Waals surface area contributed by atoms with Gasteiger partial charge in [-0.25, -0.2) is 12.7 Å². The molecule has 0 bridgehead atoms. The minimum absolute atomic E-state index is 0.119. The number of sulfonamides is 1. The van der Waals surface area contributed by atoms with Crippen LogP contribution in [0.3, 0.4) is 0 Å². The molecule has 7 heteroatoms. The third-order valence-electron chi connectivity index (χ3n) is 3.23. The largest absolute Gasteiger partial charge is 0.385 e. The summed E-state index contributed by atoms with van der Waals surface area (Å²) in [6.07, 6.45) is 1.87. The molecule has 0 radical (unpaired) electrons. The Kier molecular flexibility index (Phi) is 7.50. The van der Waals surface area contributed by atoms with Crippen molar-refractivity contribution >= 4 is 21.6 Å². The summed E-state index contributed by atoms with van der Waals surface area (Å²) in [5, 5.41) is 2.80. The number of methoxy groups -OCH3 is 1. The Morgan fingerprint density at radius 1 is 1.27 bits per heavy atom. The van der Waals surface area contributed by atoms with E-state index in [4.69, 9.17) is 4.74 Å². The summed E-state index contributed by atoms with van der Waals surface area (Å²) in [4.78, 5) is 12.0. The van der Waals surface area contributed by atoms with Crippen LogP contribution < -0.4 is 5.32 Å². The van der Waals surface area contributed by atoms with Crippen LogP contribution in [0.2, 0.25) is 0 Å². The second-order valence-electron chi connectivity index (χ2n) is 5.12. The van der Waals surface area contributed by atoms with Gasteiger partial charge in [-0.2, -0.15) is 0 Å². The lowest BCUT2D eigenvalue weighted by molar-refractivity contribution is -0.116. The van der Waals surface area contributed by atoms with Crippen molar-refractivity contribution < 1.29 is 17.9 Å². The number of amides is 1. The van der Waals surface area contributed by atoms with Crippen LogP contribution in [0, 0.1) is 6.92 Å². The standard InChI is InChI=1S/C15H24N2O4S/c1-13-7-4-5-8-14(13)16-15(18)9-11-17(22(3,19)20)10-6-12-21-2/h4-5,7-8H,6,9-12H2,1-3H3,(H,16,18). The Morgan fingerprint density at radius 2 is 1.95 bits per heavy atom. The molecule has 0 saturated carbocycles. The molecule has 0 aromatic heterocycles. The summed E-state index contributed by atoms with van der Waals surface area (Å²) in [5.74, 6) is -0.199. The maximum atomic E-state index is 12.0. The summed E-state index contributed by atoms with van der Waals surface area (Å²) in [6.45, 7) is 2.91. The smallest absolute Gasteiger partial charge is 0.225 e. The molecule has 1 aromatic rings. The molecule has 1 N–H and O–H groups in total. The first-order valence-corrected chi connectivity index (χ1v) is 8.99. The van der Waals surface area contributed by atoms with E-state index >= 15 is 0 Å². The van der Waals surface area contributed by atoms with Gasteiger partial charge < -0.3 is 10.1 Å². The number of hydrogen-bond acceptors (Lipinski definition) is 4. The van der Waals surface area contributed by atoms with Crippen LogP contribution >= 0.6 is 0 Å². The van der Waals surface area contributed by atoms with Gasteiger partial charge in [0, 0.05) is 38.9 Å². The predicted octanol–water partition coefficient (Wildman–Crippen LogP) is 1.62. The lowest BCUT2D eigenvalue weighted by atomic mass is 10.2. The molecule has 1 amide bonds. The van der Waals surface area contributed by atoms with Crippen LogP contribution in [0.15, 0.2) is 24.3 Å². The van der Waals surface area contributed by atoms with E-state index in [-0.39, 0.29) is 18.9 Å². The molecule has 124 valence electrons. The molecular formula is C15H24N2O4S. The number of carbonyl (C=O) groups is 1. The third kappa shape index (κ3) is 6.55. The van der Waals surface area contributed by atoms with Crippen LogP contribution in [0.25, 0.3) is 0 Å². The highest BCUT2D eigenvalue weighted by molar-refractivity contribution is 7.88. The van der Waals surface area contributed by atoms with Crippen molar-refractivity contribution in [1.82, 2.24) is 4.31 Å². The Hall–Kier alpha value is -1.44. The number of para-hydroxylation sites is 1. The van der Waals surface area contributed by atoms with E-state index in [1.54, 1.807) is 7.11 Å². The van der Waals surface area contributed by atoms with Crippen molar-refractivity contribution in [3.8, 4) is 0 Å². The fourth-order valence-electron chi connectivity index (χ4n) is 1.98. The minimum atomic E-state index is -3.32. The van der Waals surface area contributed by atoms with E-state index in [0.717, 1.165) is 17.5 Å². The van der Waals surface area contributed by atoms with Gasteiger partial charge in [-0.05, 0) is 25.0 Å². The van der Waals surface area contributed by atoms with Gasteiger partial charge in [0.25, 0.3) is 0 Å². The highest BCUT2D eigenvalue weighted by Crippen LogP contribution is 2.13. The summed E-state index contributed by atoms with van der Waals surface area (Å²) in [5.41, 5.74) is 1.72. The van der Waals surface area contributed by atoms with Gasteiger partial charge in [-0.15, -0.1) is 0 Å². The van der Waals surface area contributed by atoms with Gasteiger partial charge >= 0.3 is 0 Å². The predicted molar refractivity (Wildman–Crippen MR) is 87.3 cm³/mol. The number of nitrogens with one attached hydrogen (secondary N) is 1. The fourth-order valence-corrected chi connectivity index (χ4v) is 2.86. The van der Waals surface area contributed by atoms with E-state index in [2.05, 4.69) is 5.32 Å². The first-order valence-electron chi connectivity index (χ1n) is 7.14. The van der Waals surface area contributed by atoms with E-state index in [0.29, 0.717) is 19.6 Å². The molecule has 6 nitrogen and oxygen atoms in total. The number of benzene rings is 1. The fraction of sp³-hybridized carbons (Fsp3) is 0.533. The van der Waals surface area contributed by atoms with Crippen LogP contribution in [0.4, 0.5) is 5.69 Å². The maximum absolute atomic E-state index is 12.0. The van der Waals surface area contributed by atoms with Crippen LogP contribution in [-0.4, -0.2) is 51.7 Å². The van der Waals surface area contributed by atoms with Crippen molar-refractivity contribution in [3.05, 3.63) is 29.8 Å². The molecule has 1 aromatic carbocycles. The van der Waals surface area contributed by atoms with Gasteiger partial charge in [-0.3, -0.25) is 4.79 Å². The average molecular weight is 328 g/mol. The first-order chi connectivity index (χ1) is 10.3.